The lowest BCUT2D eigenvalue weighted by atomic mass is 10.2. The molecule has 0 fully saturated rings. The molecule has 0 bridgehead atoms. The van der Waals surface area contributed by atoms with E-state index in [9.17, 15) is 0 Å². The molecular weight excluding hydrogens is 524 g/mol. The first-order valence-corrected chi connectivity index (χ1v) is 13.2. The fraction of sp³-hybridized carbons (Fsp3) is 0.233. The summed E-state index contributed by atoms with van der Waals surface area (Å²) in [4.78, 5) is 20.3. The van der Waals surface area contributed by atoms with Crippen LogP contribution in [0.2, 0.25) is 0 Å². The van der Waals surface area contributed by atoms with E-state index in [0.29, 0.717) is 50.2 Å². The van der Waals surface area contributed by atoms with Gasteiger partial charge in [0.25, 0.3) is 0 Å². The molecule has 0 amide bonds. The number of hydrogen-bond donors (Lipinski definition) is 3. The zero-order chi connectivity index (χ0) is 28.0. The third-order valence-electron chi connectivity index (χ3n) is 6.48. The van der Waals surface area contributed by atoms with E-state index in [0.717, 1.165) is 50.8 Å². The number of fused-ring (bicyclic) bond motifs is 2. The predicted molar refractivity (Wildman–Crippen MR) is 155 cm³/mol. The Bertz CT molecular complexity index is 1720. The van der Waals surface area contributed by atoms with Gasteiger partial charge >= 0.3 is 0 Å². The smallest absolute Gasteiger partial charge is 0.157 e. The largest absolute Gasteiger partial charge is 0.497 e. The summed E-state index contributed by atoms with van der Waals surface area (Å²) < 4.78 is 28.1. The summed E-state index contributed by atoms with van der Waals surface area (Å²) in [6.45, 7) is 2.32. The van der Waals surface area contributed by atoms with Gasteiger partial charge in [-0.05, 0) is 36.4 Å². The van der Waals surface area contributed by atoms with E-state index in [2.05, 4.69) is 30.2 Å². The van der Waals surface area contributed by atoms with Crippen LogP contribution in [0.15, 0.2) is 72.6 Å². The summed E-state index contributed by atoms with van der Waals surface area (Å²) in [6, 6.07) is 15.1. The molecule has 0 unspecified atom stereocenters. The lowest BCUT2D eigenvalue weighted by Crippen LogP contribution is -2.18. The zero-order valence-electron chi connectivity index (χ0n) is 22.8. The highest BCUT2D eigenvalue weighted by atomic mass is 16.5. The van der Waals surface area contributed by atoms with Crippen molar-refractivity contribution in [3.05, 3.63) is 78.5 Å². The SMILES string of the molecule is COc1ccc2nc(C3=CC(OCCOCCOc4ccnc(-c5nc6ccc(OC)cc6[nH]5)c4)=CCN3)[nH]c2c1. The Morgan fingerprint density at radius 3 is 2.15 bits per heavy atom. The quantitative estimate of drug-likeness (QED) is 0.192. The number of methoxy groups -OCH3 is 2. The van der Waals surface area contributed by atoms with E-state index in [1.165, 1.54) is 0 Å². The number of imidazole rings is 2. The molecule has 2 aromatic carbocycles. The van der Waals surface area contributed by atoms with Gasteiger partial charge in [-0.25, -0.2) is 9.97 Å². The second-order valence-corrected chi connectivity index (χ2v) is 9.17. The van der Waals surface area contributed by atoms with Crippen molar-refractivity contribution in [2.24, 2.45) is 0 Å². The van der Waals surface area contributed by atoms with Crippen molar-refractivity contribution in [1.82, 2.24) is 30.2 Å². The summed E-state index contributed by atoms with van der Waals surface area (Å²) >= 11 is 0. The highest BCUT2D eigenvalue weighted by molar-refractivity contribution is 5.81. The van der Waals surface area contributed by atoms with E-state index in [1.807, 2.05) is 60.7 Å². The average Bonchev–Trinajstić information content (AvgIpc) is 3.64. The molecule has 11 nitrogen and oxygen atoms in total. The summed E-state index contributed by atoms with van der Waals surface area (Å²) in [5, 5.41) is 3.33. The van der Waals surface area contributed by atoms with Crippen molar-refractivity contribution >= 4 is 27.8 Å². The third kappa shape index (κ3) is 6.10. The lowest BCUT2D eigenvalue weighted by Gasteiger charge is -2.15. The fourth-order valence-electron chi connectivity index (χ4n) is 4.42. The molecule has 1 aliphatic heterocycles. The highest BCUT2D eigenvalue weighted by Gasteiger charge is 2.13. The molecule has 0 saturated carbocycles. The summed E-state index contributed by atoms with van der Waals surface area (Å²) in [6.07, 6.45) is 5.61. The number of aromatic amines is 2. The van der Waals surface area contributed by atoms with Gasteiger partial charge in [0, 0.05) is 37.0 Å². The summed E-state index contributed by atoms with van der Waals surface area (Å²) in [7, 11) is 3.28. The Labute approximate surface area is 236 Å². The Hall–Kier alpha value is -5.03. The number of nitrogens with zero attached hydrogens (tertiary/aromatic N) is 3. The first kappa shape index (κ1) is 26.2. The number of dihydropyridines is 1. The van der Waals surface area contributed by atoms with Crippen molar-refractivity contribution in [3.8, 4) is 28.8 Å². The molecule has 0 saturated heterocycles. The monoisotopic (exact) mass is 554 g/mol. The topological polar surface area (TPSA) is 128 Å². The van der Waals surface area contributed by atoms with Gasteiger partial charge in [0.05, 0.1) is 55.2 Å². The van der Waals surface area contributed by atoms with Gasteiger partial charge in [0.1, 0.15) is 41.9 Å². The van der Waals surface area contributed by atoms with Crippen LogP contribution < -0.4 is 19.5 Å². The maximum Gasteiger partial charge on any atom is 0.157 e. The van der Waals surface area contributed by atoms with E-state index in [1.54, 1.807) is 20.4 Å². The van der Waals surface area contributed by atoms with Crippen LogP contribution in [0.1, 0.15) is 5.82 Å². The molecule has 6 rings (SSSR count). The second-order valence-electron chi connectivity index (χ2n) is 9.17. The number of rotatable bonds is 12. The first-order valence-electron chi connectivity index (χ1n) is 13.2. The van der Waals surface area contributed by atoms with Crippen LogP contribution >= 0.6 is 0 Å². The van der Waals surface area contributed by atoms with Gasteiger partial charge < -0.3 is 39.0 Å². The number of benzene rings is 2. The molecule has 11 heteroatoms. The Morgan fingerprint density at radius 1 is 0.732 bits per heavy atom. The van der Waals surface area contributed by atoms with Crippen molar-refractivity contribution in [2.75, 3.05) is 47.2 Å². The van der Waals surface area contributed by atoms with Gasteiger partial charge in [-0.1, -0.05) is 0 Å². The standard InChI is InChI=1S/C30H30N6O5/c1-37-19-3-5-23-25(15-19)35-29(33-23)27-17-21(7-9-31-27)40-13-11-39-12-14-41-22-8-10-32-28(18-22)30-34-24-6-4-20(38-2)16-26(24)36-30/h3-9,15-18,32H,10-14H2,1-2H3,(H,33,35)(H,34,36). The zero-order valence-corrected chi connectivity index (χ0v) is 22.8. The Morgan fingerprint density at radius 2 is 1.41 bits per heavy atom. The summed E-state index contributed by atoms with van der Waals surface area (Å²) in [5.74, 6) is 4.41. The van der Waals surface area contributed by atoms with Gasteiger partial charge in [0.15, 0.2) is 11.6 Å². The molecule has 1 aliphatic rings. The maximum atomic E-state index is 5.91. The van der Waals surface area contributed by atoms with Crippen molar-refractivity contribution in [1.29, 1.82) is 0 Å². The van der Waals surface area contributed by atoms with Gasteiger partial charge in [-0.2, -0.15) is 0 Å². The Kier molecular flexibility index (Phi) is 7.68. The van der Waals surface area contributed by atoms with Crippen LogP contribution in [0.5, 0.6) is 17.2 Å². The molecule has 0 radical (unpaired) electrons. The normalized spacial score (nSPS) is 13.0. The van der Waals surface area contributed by atoms with E-state index >= 15 is 0 Å². The molecule has 0 aliphatic carbocycles. The lowest BCUT2D eigenvalue weighted by molar-refractivity contribution is 0.0604. The molecule has 210 valence electrons. The van der Waals surface area contributed by atoms with Gasteiger partial charge in [-0.3, -0.25) is 4.98 Å². The van der Waals surface area contributed by atoms with Crippen molar-refractivity contribution in [3.63, 3.8) is 0 Å². The van der Waals surface area contributed by atoms with Crippen LogP contribution in [0.3, 0.4) is 0 Å². The first-order chi connectivity index (χ1) is 20.2. The number of H-pyrrole nitrogens is 2. The maximum absolute atomic E-state index is 5.91. The van der Waals surface area contributed by atoms with Gasteiger partial charge in [0.2, 0.25) is 0 Å². The number of nitrogens with one attached hydrogen (secondary N) is 3. The number of pyridine rings is 1. The molecule has 3 N–H and O–H groups in total. The molecule has 0 spiro atoms. The van der Waals surface area contributed by atoms with Crippen molar-refractivity contribution < 1.29 is 23.7 Å². The van der Waals surface area contributed by atoms with E-state index < -0.39 is 0 Å². The number of hydrogen-bond acceptors (Lipinski definition) is 9. The number of allylic oxidation sites excluding steroid dienone is 1. The van der Waals surface area contributed by atoms with Crippen LogP contribution in [-0.2, 0) is 9.47 Å². The van der Waals surface area contributed by atoms with Crippen LogP contribution in [0.4, 0.5) is 0 Å². The molecule has 5 aromatic rings. The number of aromatic nitrogens is 5. The molecule has 4 heterocycles. The van der Waals surface area contributed by atoms with Crippen molar-refractivity contribution in [2.45, 2.75) is 0 Å². The average molecular weight is 555 g/mol. The minimum atomic E-state index is 0.397. The molecular formula is C30H30N6O5. The molecule has 0 atom stereocenters. The minimum absolute atomic E-state index is 0.397. The molecule has 41 heavy (non-hydrogen) atoms. The molecule has 3 aromatic heterocycles. The van der Waals surface area contributed by atoms with Gasteiger partial charge in [-0.15, -0.1) is 0 Å². The van der Waals surface area contributed by atoms with E-state index in [-0.39, 0.29) is 0 Å². The third-order valence-corrected chi connectivity index (χ3v) is 6.48. The second kappa shape index (κ2) is 12.0. The number of ether oxygens (including phenoxy) is 5. The fourth-order valence-corrected chi connectivity index (χ4v) is 4.42. The summed E-state index contributed by atoms with van der Waals surface area (Å²) in [5.41, 5.74) is 5.06. The highest BCUT2D eigenvalue weighted by Crippen LogP contribution is 2.25. The van der Waals surface area contributed by atoms with E-state index in [4.69, 9.17) is 23.7 Å². The van der Waals surface area contributed by atoms with Crippen LogP contribution in [0.25, 0.3) is 39.3 Å². The predicted octanol–water partition coefficient (Wildman–Crippen LogP) is 4.46. The van der Waals surface area contributed by atoms with Crippen LogP contribution in [-0.4, -0.2) is 72.1 Å². The van der Waals surface area contributed by atoms with Crippen LogP contribution in [0, 0.1) is 0 Å². The minimum Gasteiger partial charge on any atom is -0.497 e. The Balaban J connectivity index is 0.949.